The molecule has 0 radical (unpaired) electrons. The molecule has 0 aromatic rings. The standard InChI is InChI=1S/C12H24O/c1-10(2)12(13)11-8-6-4-3-5-7-9-11/h10-13H,3-9H2,1-2H3. The molecule has 78 valence electrons. The van der Waals surface area contributed by atoms with Gasteiger partial charge in [-0.1, -0.05) is 46.0 Å². The lowest BCUT2D eigenvalue weighted by molar-refractivity contribution is 0.0515. The topological polar surface area (TPSA) is 20.2 Å². The van der Waals surface area contributed by atoms with Gasteiger partial charge in [0.25, 0.3) is 0 Å². The van der Waals surface area contributed by atoms with Crippen LogP contribution in [0, 0.1) is 11.8 Å². The zero-order valence-electron chi connectivity index (χ0n) is 9.13. The molecule has 0 heterocycles. The summed E-state index contributed by atoms with van der Waals surface area (Å²) in [6.45, 7) is 4.26. The summed E-state index contributed by atoms with van der Waals surface area (Å²) < 4.78 is 0. The summed E-state index contributed by atoms with van der Waals surface area (Å²) in [5.74, 6) is 1.02. The third-order valence-corrected chi connectivity index (χ3v) is 3.32. The summed E-state index contributed by atoms with van der Waals surface area (Å²) in [6.07, 6.45) is 9.26. The minimum Gasteiger partial charge on any atom is -0.393 e. The van der Waals surface area contributed by atoms with Crippen molar-refractivity contribution in [2.24, 2.45) is 11.8 Å². The second-order valence-corrected chi connectivity index (χ2v) is 4.84. The first-order valence-electron chi connectivity index (χ1n) is 5.90. The van der Waals surface area contributed by atoms with Crippen LogP contribution in [0.3, 0.4) is 0 Å². The molecule has 0 bridgehead atoms. The Bertz CT molecular complexity index is 123. The Hall–Kier alpha value is -0.0400. The summed E-state index contributed by atoms with van der Waals surface area (Å²) in [5, 5.41) is 9.97. The number of aliphatic hydroxyl groups excluding tert-OH is 1. The van der Waals surface area contributed by atoms with Crippen molar-refractivity contribution in [2.45, 2.75) is 64.9 Å². The van der Waals surface area contributed by atoms with E-state index < -0.39 is 0 Å². The van der Waals surface area contributed by atoms with Crippen LogP contribution in [-0.2, 0) is 0 Å². The molecule has 0 amide bonds. The van der Waals surface area contributed by atoms with Crippen molar-refractivity contribution in [3.05, 3.63) is 0 Å². The normalized spacial score (nSPS) is 24.0. The van der Waals surface area contributed by atoms with Gasteiger partial charge in [-0.2, -0.15) is 0 Å². The molecule has 1 unspecified atom stereocenters. The predicted octanol–water partition coefficient (Wildman–Crippen LogP) is 3.36. The largest absolute Gasteiger partial charge is 0.393 e. The average Bonchev–Trinajstić information content (AvgIpc) is 2.02. The number of hydrogen-bond acceptors (Lipinski definition) is 1. The lowest BCUT2D eigenvalue weighted by Gasteiger charge is -2.27. The zero-order chi connectivity index (χ0) is 9.68. The molecule has 1 N–H and O–H groups in total. The Morgan fingerprint density at radius 3 is 1.85 bits per heavy atom. The zero-order valence-corrected chi connectivity index (χ0v) is 9.13. The van der Waals surface area contributed by atoms with E-state index in [1.807, 2.05) is 0 Å². The van der Waals surface area contributed by atoms with E-state index in [4.69, 9.17) is 0 Å². The minimum absolute atomic E-state index is 0.0573. The lowest BCUT2D eigenvalue weighted by atomic mass is 9.83. The van der Waals surface area contributed by atoms with Crippen molar-refractivity contribution in [1.29, 1.82) is 0 Å². The van der Waals surface area contributed by atoms with E-state index in [2.05, 4.69) is 13.8 Å². The van der Waals surface area contributed by atoms with E-state index >= 15 is 0 Å². The van der Waals surface area contributed by atoms with Gasteiger partial charge in [0.1, 0.15) is 0 Å². The molecule has 0 aliphatic heterocycles. The molecular weight excluding hydrogens is 160 g/mol. The maximum absolute atomic E-state index is 9.97. The predicted molar refractivity (Wildman–Crippen MR) is 56.7 cm³/mol. The maximum atomic E-state index is 9.97. The molecule has 1 aliphatic rings. The molecular formula is C12H24O. The molecule has 1 heteroatoms. The molecule has 0 spiro atoms. The molecule has 13 heavy (non-hydrogen) atoms. The van der Waals surface area contributed by atoms with Gasteiger partial charge in [-0.25, -0.2) is 0 Å². The first-order valence-corrected chi connectivity index (χ1v) is 5.90. The van der Waals surface area contributed by atoms with Crippen molar-refractivity contribution in [3.8, 4) is 0 Å². The third kappa shape index (κ3) is 3.68. The molecule has 0 aromatic carbocycles. The number of rotatable bonds is 2. The summed E-state index contributed by atoms with van der Waals surface area (Å²) in [6, 6.07) is 0. The van der Waals surface area contributed by atoms with Crippen molar-refractivity contribution < 1.29 is 5.11 Å². The SMILES string of the molecule is CC(C)C(O)C1CCCCCCC1. The summed E-state index contributed by atoms with van der Waals surface area (Å²) >= 11 is 0. The van der Waals surface area contributed by atoms with Gasteiger partial charge in [0.05, 0.1) is 6.10 Å². The maximum Gasteiger partial charge on any atom is 0.0591 e. The Morgan fingerprint density at radius 1 is 0.923 bits per heavy atom. The Labute approximate surface area is 82.5 Å². The highest BCUT2D eigenvalue weighted by Gasteiger charge is 2.22. The smallest absolute Gasteiger partial charge is 0.0591 e. The first kappa shape index (κ1) is 11.0. The highest BCUT2D eigenvalue weighted by atomic mass is 16.3. The molecule has 1 saturated carbocycles. The van der Waals surface area contributed by atoms with Gasteiger partial charge >= 0.3 is 0 Å². The van der Waals surface area contributed by atoms with Gasteiger partial charge in [0, 0.05) is 0 Å². The van der Waals surface area contributed by atoms with Gasteiger partial charge in [-0.05, 0) is 24.7 Å². The van der Waals surface area contributed by atoms with Crippen molar-refractivity contribution >= 4 is 0 Å². The van der Waals surface area contributed by atoms with Crippen LogP contribution < -0.4 is 0 Å². The van der Waals surface area contributed by atoms with Crippen LogP contribution in [0.4, 0.5) is 0 Å². The summed E-state index contributed by atoms with van der Waals surface area (Å²) in [5.41, 5.74) is 0. The van der Waals surface area contributed by atoms with E-state index in [-0.39, 0.29) is 6.10 Å². The molecule has 1 fully saturated rings. The fraction of sp³-hybridized carbons (Fsp3) is 1.00. The fourth-order valence-corrected chi connectivity index (χ4v) is 2.37. The van der Waals surface area contributed by atoms with Crippen molar-refractivity contribution in [3.63, 3.8) is 0 Å². The monoisotopic (exact) mass is 184 g/mol. The van der Waals surface area contributed by atoms with E-state index in [0.717, 1.165) is 0 Å². The van der Waals surface area contributed by atoms with Gasteiger partial charge in [-0.3, -0.25) is 0 Å². The van der Waals surface area contributed by atoms with Crippen LogP contribution in [-0.4, -0.2) is 11.2 Å². The van der Waals surface area contributed by atoms with Crippen LogP contribution in [0.1, 0.15) is 58.8 Å². The van der Waals surface area contributed by atoms with Gasteiger partial charge in [-0.15, -0.1) is 0 Å². The van der Waals surface area contributed by atoms with Gasteiger partial charge in [0.2, 0.25) is 0 Å². The van der Waals surface area contributed by atoms with Crippen LogP contribution in [0.15, 0.2) is 0 Å². The summed E-state index contributed by atoms with van der Waals surface area (Å²) in [4.78, 5) is 0. The van der Waals surface area contributed by atoms with Crippen LogP contribution in [0.25, 0.3) is 0 Å². The van der Waals surface area contributed by atoms with E-state index in [1.165, 1.54) is 44.9 Å². The Morgan fingerprint density at radius 2 is 1.38 bits per heavy atom. The van der Waals surface area contributed by atoms with E-state index in [1.54, 1.807) is 0 Å². The highest BCUT2D eigenvalue weighted by Crippen LogP contribution is 2.27. The lowest BCUT2D eigenvalue weighted by Crippen LogP contribution is -2.26. The summed E-state index contributed by atoms with van der Waals surface area (Å²) in [7, 11) is 0. The highest BCUT2D eigenvalue weighted by molar-refractivity contribution is 4.73. The number of hydrogen-bond donors (Lipinski definition) is 1. The van der Waals surface area contributed by atoms with E-state index in [9.17, 15) is 5.11 Å². The van der Waals surface area contributed by atoms with Crippen LogP contribution in [0.5, 0.6) is 0 Å². The third-order valence-electron chi connectivity index (χ3n) is 3.32. The van der Waals surface area contributed by atoms with Crippen molar-refractivity contribution in [2.75, 3.05) is 0 Å². The molecule has 1 nitrogen and oxygen atoms in total. The van der Waals surface area contributed by atoms with Gasteiger partial charge < -0.3 is 5.11 Å². The molecule has 1 aliphatic carbocycles. The molecule has 0 aromatic heterocycles. The Balaban J connectivity index is 2.36. The van der Waals surface area contributed by atoms with Crippen molar-refractivity contribution in [1.82, 2.24) is 0 Å². The molecule has 0 saturated heterocycles. The van der Waals surface area contributed by atoms with Crippen LogP contribution in [0.2, 0.25) is 0 Å². The van der Waals surface area contributed by atoms with E-state index in [0.29, 0.717) is 11.8 Å². The second kappa shape index (κ2) is 5.64. The number of aliphatic hydroxyl groups is 1. The Kier molecular flexibility index (Phi) is 4.79. The minimum atomic E-state index is -0.0573. The van der Waals surface area contributed by atoms with Crippen LogP contribution >= 0.6 is 0 Å². The second-order valence-electron chi connectivity index (χ2n) is 4.84. The first-order chi connectivity index (χ1) is 6.22. The fourth-order valence-electron chi connectivity index (χ4n) is 2.37. The molecule has 1 atom stereocenters. The quantitative estimate of drug-likeness (QED) is 0.697. The average molecular weight is 184 g/mol. The molecule has 1 rings (SSSR count). The van der Waals surface area contributed by atoms with Gasteiger partial charge in [0.15, 0.2) is 0 Å².